The van der Waals surface area contributed by atoms with Crippen molar-refractivity contribution in [3.63, 3.8) is 0 Å². The summed E-state index contributed by atoms with van der Waals surface area (Å²) in [6.07, 6.45) is 6.57. The van der Waals surface area contributed by atoms with Crippen molar-refractivity contribution in [3.8, 4) is 56.4 Å². The van der Waals surface area contributed by atoms with E-state index in [0.717, 1.165) is 73.7 Å². The second-order valence-corrected chi connectivity index (χ2v) is 14.3. The maximum atomic E-state index is 6.55. The number of benzene rings is 8. The molecule has 0 fully saturated rings. The third-order valence-electron chi connectivity index (χ3n) is 10.6. The van der Waals surface area contributed by atoms with Gasteiger partial charge < -0.3 is 4.42 Å². The minimum absolute atomic E-state index is 0.599. The van der Waals surface area contributed by atoms with Crippen molar-refractivity contribution in [3.05, 3.63) is 181 Å². The van der Waals surface area contributed by atoms with Gasteiger partial charge in [-0.2, -0.15) is 0 Å². The highest BCUT2D eigenvalue weighted by Gasteiger charge is 2.18. The number of unbranched alkanes of at least 4 members (excludes halogenated alkanes) is 1. The van der Waals surface area contributed by atoms with Gasteiger partial charge in [-0.15, -0.1) is 0 Å². The Hall–Kier alpha value is -7.17. The van der Waals surface area contributed by atoms with Gasteiger partial charge >= 0.3 is 0 Å². The van der Waals surface area contributed by atoms with Crippen molar-refractivity contribution >= 4 is 49.6 Å². The van der Waals surface area contributed by atoms with Crippen LogP contribution in [0.15, 0.2) is 180 Å². The summed E-state index contributed by atoms with van der Waals surface area (Å²) in [6.45, 7) is 2.19. The second-order valence-electron chi connectivity index (χ2n) is 14.3. The van der Waals surface area contributed by atoms with Crippen LogP contribution in [-0.4, -0.2) is 15.0 Å². The molecule has 0 N–H and O–H groups in total. The van der Waals surface area contributed by atoms with Crippen molar-refractivity contribution in [2.45, 2.75) is 19.8 Å². The van der Waals surface area contributed by atoms with Crippen LogP contribution in [0, 0.1) is 0 Å². The fraction of sp³-hybridized carbons (Fsp3) is 0.0577. The summed E-state index contributed by atoms with van der Waals surface area (Å²) in [7, 11) is 0. The van der Waals surface area contributed by atoms with Crippen molar-refractivity contribution in [2.75, 3.05) is 0 Å². The fourth-order valence-corrected chi connectivity index (χ4v) is 7.63. The largest absolute Gasteiger partial charge is 0.456 e. The van der Waals surface area contributed by atoms with Gasteiger partial charge in [-0.05, 0) is 86.1 Å². The Morgan fingerprint density at radius 1 is 0.446 bits per heavy atom. The molecule has 2 heterocycles. The van der Waals surface area contributed by atoms with Crippen LogP contribution >= 0.6 is 0 Å². The van der Waals surface area contributed by atoms with Gasteiger partial charge in [-0.25, -0.2) is 15.0 Å². The molecule has 10 aromatic rings. The Kier molecular flexibility index (Phi) is 8.49. The van der Waals surface area contributed by atoms with Gasteiger partial charge in [0.25, 0.3) is 0 Å². The van der Waals surface area contributed by atoms with Gasteiger partial charge in [0.15, 0.2) is 17.5 Å². The Bertz CT molecular complexity index is 3080. The normalized spacial score (nSPS) is 11.7. The molecule has 10 rings (SSSR count). The molecule has 0 saturated heterocycles. The predicted molar refractivity (Wildman–Crippen MR) is 233 cm³/mol. The molecule has 0 unspecified atom stereocenters. The highest BCUT2D eigenvalue weighted by atomic mass is 16.3. The summed E-state index contributed by atoms with van der Waals surface area (Å²) in [5, 5.41) is 6.89. The first kappa shape index (κ1) is 33.4. The summed E-state index contributed by atoms with van der Waals surface area (Å²) in [4.78, 5) is 15.4. The van der Waals surface area contributed by atoms with E-state index in [1.807, 2.05) is 12.1 Å². The number of allylic oxidation sites excluding steroid dienone is 1. The monoisotopic (exact) mass is 719 g/mol. The summed E-state index contributed by atoms with van der Waals surface area (Å²) in [5.74, 6) is 1.84. The zero-order chi connectivity index (χ0) is 37.4. The molecular formula is C52H37N3O. The lowest BCUT2D eigenvalue weighted by atomic mass is 9.99. The SMILES string of the molecule is CCC/C=C\c1ccc(-c2nc(-c3ccc(-c4ccc5ccccc5c4)cc3)nc(-c3cccc4oc5cc(-c6ccc7ccccc7c6)ccc5c34)n2)cc1. The minimum atomic E-state index is 0.599. The van der Waals surface area contributed by atoms with E-state index < -0.39 is 0 Å². The molecule has 0 bridgehead atoms. The van der Waals surface area contributed by atoms with Gasteiger partial charge in [-0.3, -0.25) is 0 Å². The number of hydrogen-bond acceptors (Lipinski definition) is 4. The van der Waals surface area contributed by atoms with E-state index in [9.17, 15) is 0 Å². The number of fused-ring (bicyclic) bond motifs is 5. The molecule has 0 aliphatic heterocycles. The first-order valence-corrected chi connectivity index (χ1v) is 19.2. The quantitative estimate of drug-likeness (QED) is 0.157. The third kappa shape index (κ3) is 6.31. The van der Waals surface area contributed by atoms with Crippen LogP contribution in [-0.2, 0) is 0 Å². The van der Waals surface area contributed by atoms with Crippen LogP contribution in [0.3, 0.4) is 0 Å². The zero-order valence-electron chi connectivity index (χ0n) is 31.0. The van der Waals surface area contributed by atoms with Crippen LogP contribution in [0.2, 0.25) is 0 Å². The van der Waals surface area contributed by atoms with E-state index in [4.69, 9.17) is 19.4 Å². The zero-order valence-corrected chi connectivity index (χ0v) is 31.0. The summed E-state index contributed by atoms with van der Waals surface area (Å²) >= 11 is 0. The Morgan fingerprint density at radius 2 is 0.982 bits per heavy atom. The molecule has 56 heavy (non-hydrogen) atoms. The van der Waals surface area contributed by atoms with Crippen LogP contribution < -0.4 is 0 Å². The number of aromatic nitrogens is 3. The average Bonchev–Trinajstić information content (AvgIpc) is 3.64. The van der Waals surface area contributed by atoms with Gasteiger partial charge in [0.2, 0.25) is 0 Å². The van der Waals surface area contributed by atoms with Crippen LogP contribution in [0.5, 0.6) is 0 Å². The Balaban J connectivity index is 1.08. The van der Waals surface area contributed by atoms with E-state index in [2.05, 4.69) is 177 Å². The van der Waals surface area contributed by atoms with Gasteiger partial charge in [-0.1, -0.05) is 165 Å². The standard InChI is InChI=1S/C52H37N3O/c1-2-3-4-10-34-17-19-38(20-18-34)50-53-51(39-25-21-37(22-26-39)42-27-23-35-11-5-7-13-40(35)31-42)55-52(54-50)46-15-9-16-47-49(46)45-30-29-44(33-48(45)56-47)43-28-24-36-12-6-8-14-41(36)32-43/h4-33H,2-3H2,1H3/b10-4-. The fourth-order valence-electron chi connectivity index (χ4n) is 7.63. The molecule has 8 aromatic carbocycles. The highest BCUT2D eigenvalue weighted by Crippen LogP contribution is 2.39. The predicted octanol–water partition coefficient (Wildman–Crippen LogP) is 14.2. The number of nitrogens with zero attached hydrogens (tertiary/aromatic N) is 3. The van der Waals surface area contributed by atoms with E-state index in [-0.39, 0.29) is 0 Å². The molecule has 0 aliphatic carbocycles. The molecule has 0 spiro atoms. The molecule has 0 radical (unpaired) electrons. The van der Waals surface area contributed by atoms with Crippen LogP contribution in [0.1, 0.15) is 25.3 Å². The molecule has 2 aromatic heterocycles. The van der Waals surface area contributed by atoms with Gasteiger partial charge in [0.05, 0.1) is 0 Å². The maximum Gasteiger partial charge on any atom is 0.164 e. The highest BCUT2D eigenvalue weighted by molar-refractivity contribution is 6.12. The summed E-state index contributed by atoms with van der Waals surface area (Å²) < 4.78 is 6.55. The van der Waals surface area contributed by atoms with E-state index in [1.165, 1.54) is 27.1 Å². The van der Waals surface area contributed by atoms with Crippen molar-refractivity contribution in [2.24, 2.45) is 0 Å². The Labute approximate surface area is 325 Å². The van der Waals surface area contributed by atoms with Crippen molar-refractivity contribution in [1.29, 1.82) is 0 Å². The lowest BCUT2D eigenvalue weighted by Crippen LogP contribution is -2.00. The van der Waals surface area contributed by atoms with Gasteiger partial charge in [0.1, 0.15) is 11.2 Å². The van der Waals surface area contributed by atoms with E-state index >= 15 is 0 Å². The van der Waals surface area contributed by atoms with Crippen LogP contribution in [0.25, 0.3) is 106 Å². The van der Waals surface area contributed by atoms with E-state index in [1.54, 1.807) is 0 Å². The summed E-state index contributed by atoms with van der Waals surface area (Å²) in [6, 6.07) is 59.7. The first-order valence-electron chi connectivity index (χ1n) is 19.2. The molecule has 0 aliphatic rings. The Morgan fingerprint density at radius 3 is 1.64 bits per heavy atom. The van der Waals surface area contributed by atoms with Gasteiger partial charge in [0, 0.05) is 27.5 Å². The number of hydrogen-bond donors (Lipinski definition) is 0. The van der Waals surface area contributed by atoms with Crippen molar-refractivity contribution in [1.82, 2.24) is 15.0 Å². The number of rotatable bonds is 8. The molecular weight excluding hydrogens is 683 g/mol. The molecule has 4 heteroatoms. The molecule has 0 atom stereocenters. The summed E-state index contributed by atoms with van der Waals surface area (Å²) in [5.41, 5.74) is 10.1. The second kappa shape index (κ2) is 14.2. The third-order valence-corrected chi connectivity index (χ3v) is 10.6. The molecule has 266 valence electrons. The van der Waals surface area contributed by atoms with Crippen LogP contribution in [0.4, 0.5) is 0 Å². The van der Waals surface area contributed by atoms with Crippen molar-refractivity contribution < 1.29 is 4.42 Å². The minimum Gasteiger partial charge on any atom is -0.456 e. The van der Waals surface area contributed by atoms with E-state index in [0.29, 0.717) is 17.5 Å². The molecule has 4 nitrogen and oxygen atoms in total. The topological polar surface area (TPSA) is 51.8 Å². The lowest BCUT2D eigenvalue weighted by Gasteiger charge is -2.10. The first-order chi connectivity index (χ1) is 27.7. The number of furan rings is 1. The maximum absolute atomic E-state index is 6.55. The smallest absolute Gasteiger partial charge is 0.164 e. The lowest BCUT2D eigenvalue weighted by molar-refractivity contribution is 0.669. The average molecular weight is 720 g/mol. The molecule has 0 amide bonds. The molecule has 0 saturated carbocycles.